The van der Waals surface area contributed by atoms with Gasteiger partial charge in [0.05, 0.1) is 30.9 Å². The minimum atomic E-state index is -0.789. The molecule has 0 radical (unpaired) electrons. The largest absolute Gasteiger partial charge is 0.508 e. The van der Waals surface area contributed by atoms with Crippen molar-refractivity contribution in [1.29, 1.82) is 0 Å². The Hall–Kier alpha value is -3.32. The van der Waals surface area contributed by atoms with Crippen molar-refractivity contribution in [2.24, 2.45) is 0 Å². The number of aliphatic hydroxyl groups is 1. The molecular weight excluding hydrogens is 398 g/mol. The van der Waals surface area contributed by atoms with Crippen molar-refractivity contribution in [1.82, 2.24) is 4.90 Å². The number of carbonyl (C=O) groups excluding carboxylic acids is 2. The zero-order valence-electron chi connectivity index (χ0n) is 17.9. The van der Waals surface area contributed by atoms with E-state index in [1.54, 1.807) is 36.4 Å². The molecule has 1 atom stereocenters. The molecule has 0 bridgehead atoms. The maximum absolute atomic E-state index is 12.9. The van der Waals surface area contributed by atoms with Gasteiger partial charge in [0.25, 0.3) is 11.7 Å². The van der Waals surface area contributed by atoms with Crippen LogP contribution in [0.2, 0.25) is 0 Å². The van der Waals surface area contributed by atoms with Crippen LogP contribution in [0.15, 0.2) is 54.1 Å². The van der Waals surface area contributed by atoms with Gasteiger partial charge in [-0.2, -0.15) is 0 Å². The molecule has 0 saturated carbocycles. The van der Waals surface area contributed by atoms with Gasteiger partial charge in [-0.25, -0.2) is 0 Å². The molecule has 164 valence electrons. The number of aliphatic hydroxyl groups excluding tert-OH is 1. The number of hydrogen-bond acceptors (Lipinski definition) is 6. The molecule has 1 aliphatic heterocycles. The molecular formula is C24H27NO6. The lowest BCUT2D eigenvalue weighted by atomic mass is 9.95. The van der Waals surface area contributed by atoms with E-state index in [-0.39, 0.29) is 36.3 Å². The third-order valence-corrected chi connectivity index (χ3v) is 4.97. The second-order valence-electron chi connectivity index (χ2n) is 7.46. The number of hydrogen-bond donors (Lipinski definition) is 2. The van der Waals surface area contributed by atoms with Crippen LogP contribution in [0, 0.1) is 0 Å². The number of Topliss-reactive ketones (excluding diaryl/α,β-unsaturated/α-hetero) is 1. The van der Waals surface area contributed by atoms with Crippen LogP contribution in [0.4, 0.5) is 0 Å². The summed E-state index contributed by atoms with van der Waals surface area (Å²) in [5.74, 6) is -1.01. The van der Waals surface area contributed by atoms with E-state index in [1.807, 2.05) is 20.8 Å². The van der Waals surface area contributed by atoms with Crippen molar-refractivity contribution in [3.8, 4) is 11.5 Å². The number of phenolic OH excluding ortho intramolecular Hbond substituents is 1. The molecule has 7 nitrogen and oxygen atoms in total. The van der Waals surface area contributed by atoms with Crippen LogP contribution in [0.1, 0.15) is 37.9 Å². The zero-order valence-corrected chi connectivity index (χ0v) is 17.9. The van der Waals surface area contributed by atoms with Gasteiger partial charge >= 0.3 is 0 Å². The standard InChI is InChI=1S/C24H27NO6/c1-4-30-19-11-7-17(8-12-19)22(27)20-21(16-5-9-18(26)10-6-16)25(24(29)23(20)28)13-14-31-15(2)3/h5-12,15,21,26-27H,4,13-14H2,1-3H3/b22-20-. The maximum atomic E-state index is 12.9. The van der Waals surface area contributed by atoms with Crippen LogP contribution in [0.5, 0.6) is 11.5 Å². The molecule has 3 rings (SSSR count). The molecule has 31 heavy (non-hydrogen) atoms. The number of likely N-dealkylation sites (tertiary alicyclic amines) is 1. The molecule has 0 spiro atoms. The van der Waals surface area contributed by atoms with Gasteiger partial charge in [-0.05, 0) is 62.7 Å². The molecule has 2 N–H and O–H groups in total. The molecule has 1 amide bonds. The number of ether oxygens (including phenoxy) is 2. The molecule has 0 aliphatic carbocycles. The van der Waals surface area contributed by atoms with E-state index in [9.17, 15) is 19.8 Å². The van der Waals surface area contributed by atoms with E-state index < -0.39 is 17.7 Å². The average Bonchev–Trinajstić information content (AvgIpc) is 2.99. The lowest BCUT2D eigenvalue weighted by molar-refractivity contribution is -0.140. The lowest BCUT2D eigenvalue weighted by Gasteiger charge is -2.25. The molecule has 7 heteroatoms. The number of amides is 1. The van der Waals surface area contributed by atoms with Crippen molar-refractivity contribution >= 4 is 17.4 Å². The van der Waals surface area contributed by atoms with E-state index in [0.29, 0.717) is 23.5 Å². The van der Waals surface area contributed by atoms with Gasteiger partial charge < -0.3 is 24.6 Å². The van der Waals surface area contributed by atoms with Crippen LogP contribution < -0.4 is 4.74 Å². The first kappa shape index (κ1) is 22.4. The van der Waals surface area contributed by atoms with Gasteiger partial charge in [0.1, 0.15) is 17.3 Å². The number of nitrogens with zero attached hydrogens (tertiary/aromatic N) is 1. The molecule has 2 aromatic carbocycles. The average molecular weight is 425 g/mol. The first-order valence-corrected chi connectivity index (χ1v) is 10.3. The maximum Gasteiger partial charge on any atom is 0.295 e. The highest BCUT2D eigenvalue weighted by Crippen LogP contribution is 2.39. The Morgan fingerprint density at radius 1 is 1.06 bits per heavy atom. The van der Waals surface area contributed by atoms with Crippen molar-refractivity contribution in [3.63, 3.8) is 0 Å². The summed E-state index contributed by atoms with van der Waals surface area (Å²) in [4.78, 5) is 27.1. The molecule has 0 aromatic heterocycles. The summed E-state index contributed by atoms with van der Waals surface area (Å²) in [6.07, 6.45) is -0.0206. The quantitative estimate of drug-likeness (QED) is 0.381. The minimum Gasteiger partial charge on any atom is -0.508 e. The Balaban J connectivity index is 2.04. The normalized spacial score (nSPS) is 18.1. The van der Waals surface area contributed by atoms with E-state index in [0.717, 1.165) is 0 Å². The predicted octanol–water partition coefficient (Wildman–Crippen LogP) is 3.64. The van der Waals surface area contributed by atoms with Gasteiger partial charge in [0.2, 0.25) is 0 Å². The summed E-state index contributed by atoms with van der Waals surface area (Å²) < 4.78 is 11.0. The van der Waals surface area contributed by atoms with Crippen LogP contribution in [-0.4, -0.2) is 52.7 Å². The van der Waals surface area contributed by atoms with Crippen LogP contribution in [0.25, 0.3) is 5.76 Å². The number of carbonyl (C=O) groups is 2. The summed E-state index contributed by atoms with van der Waals surface area (Å²) in [6.45, 7) is 6.59. The molecule has 1 aliphatic rings. The fraction of sp³-hybridized carbons (Fsp3) is 0.333. The molecule has 2 aromatic rings. The van der Waals surface area contributed by atoms with Crippen molar-refractivity contribution in [2.75, 3.05) is 19.8 Å². The van der Waals surface area contributed by atoms with Crippen molar-refractivity contribution in [3.05, 3.63) is 65.2 Å². The van der Waals surface area contributed by atoms with Crippen LogP contribution in [0.3, 0.4) is 0 Å². The molecule has 1 heterocycles. The van der Waals surface area contributed by atoms with Gasteiger partial charge in [-0.3, -0.25) is 9.59 Å². The number of rotatable bonds is 8. The fourth-order valence-electron chi connectivity index (χ4n) is 3.53. The molecule has 1 fully saturated rings. The van der Waals surface area contributed by atoms with Crippen molar-refractivity contribution in [2.45, 2.75) is 32.9 Å². The first-order chi connectivity index (χ1) is 14.8. The summed E-state index contributed by atoms with van der Waals surface area (Å²) >= 11 is 0. The Morgan fingerprint density at radius 3 is 2.29 bits per heavy atom. The Morgan fingerprint density at radius 2 is 1.71 bits per heavy atom. The number of ketones is 1. The summed E-state index contributed by atoms with van der Waals surface area (Å²) in [5.41, 5.74) is 1.02. The monoisotopic (exact) mass is 425 g/mol. The second-order valence-corrected chi connectivity index (χ2v) is 7.46. The van der Waals surface area contributed by atoms with Gasteiger partial charge in [0, 0.05) is 12.1 Å². The number of phenols is 1. The topological polar surface area (TPSA) is 96.3 Å². The Kier molecular flexibility index (Phi) is 6.97. The third-order valence-electron chi connectivity index (χ3n) is 4.97. The SMILES string of the molecule is CCOc1ccc(/C(O)=C2/C(=O)C(=O)N(CCOC(C)C)C2c2ccc(O)cc2)cc1. The smallest absolute Gasteiger partial charge is 0.295 e. The van der Waals surface area contributed by atoms with Crippen LogP contribution >= 0.6 is 0 Å². The highest BCUT2D eigenvalue weighted by Gasteiger charge is 2.45. The van der Waals surface area contributed by atoms with E-state index in [4.69, 9.17) is 9.47 Å². The molecule has 1 unspecified atom stereocenters. The van der Waals surface area contributed by atoms with Gasteiger partial charge in [-0.15, -0.1) is 0 Å². The summed E-state index contributed by atoms with van der Waals surface area (Å²) in [5, 5.41) is 20.7. The lowest BCUT2D eigenvalue weighted by Crippen LogP contribution is -2.33. The third kappa shape index (κ3) is 4.88. The summed E-state index contributed by atoms with van der Waals surface area (Å²) in [7, 11) is 0. The second kappa shape index (κ2) is 9.66. The zero-order chi connectivity index (χ0) is 22.5. The predicted molar refractivity (Wildman–Crippen MR) is 116 cm³/mol. The first-order valence-electron chi connectivity index (χ1n) is 10.3. The van der Waals surface area contributed by atoms with E-state index in [1.165, 1.54) is 17.0 Å². The number of benzene rings is 2. The minimum absolute atomic E-state index is 0.00407. The van der Waals surface area contributed by atoms with E-state index in [2.05, 4.69) is 0 Å². The number of aromatic hydroxyl groups is 1. The Bertz CT molecular complexity index is 963. The highest BCUT2D eigenvalue weighted by atomic mass is 16.5. The van der Waals surface area contributed by atoms with Gasteiger partial charge in [-0.1, -0.05) is 12.1 Å². The Labute approximate surface area is 181 Å². The van der Waals surface area contributed by atoms with Gasteiger partial charge in [0.15, 0.2) is 0 Å². The van der Waals surface area contributed by atoms with E-state index >= 15 is 0 Å². The van der Waals surface area contributed by atoms with Crippen LogP contribution in [-0.2, 0) is 14.3 Å². The summed E-state index contributed by atoms with van der Waals surface area (Å²) in [6, 6.07) is 12.1. The molecule has 1 saturated heterocycles. The fourth-order valence-corrected chi connectivity index (χ4v) is 3.53. The highest BCUT2D eigenvalue weighted by molar-refractivity contribution is 6.46. The van der Waals surface area contributed by atoms with Crippen molar-refractivity contribution < 1.29 is 29.3 Å².